The van der Waals surface area contributed by atoms with Crippen molar-refractivity contribution in [3.63, 3.8) is 0 Å². The number of nitrogens with zero attached hydrogens (tertiary/aromatic N) is 2. The van der Waals surface area contributed by atoms with Crippen LogP contribution < -0.4 is 10.6 Å². The van der Waals surface area contributed by atoms with Gasteiger partial charge in [0.2, 0.25) is 6.41 Å². The number of aliphatic hydroxyl groups is 3. The first-order chi connectivity index (χ1) is 14.9. The summed E-state index contributed by atoms with van der Waals surface area (Å²) in [6, 6.07) is 0. The lowest BCUT2D eigenvalue weighted by Crippen LogP contribution is -2.51. The van der Waals surface area contributed by atoms with Gasteiger partial charge in [-0.15, -0.1) is 23.5 Å². The van der Waals surface area contributed by atoms with Crippen LogP contribution in [0.5, 0.6) is 0 Å². The van der Waals surface area contributed by atoms with Crippen LogP contribution in [0.25, 0.3) is 0 Å². The number of methoxy groups -OCH3 is 1. The van der Waals surface area contributed by atoms with Crippen molar-refractivity contribution in [1.82, 2.24) is 20.4 Å². The van der Waals surface area contributed by atoms with Crippen LogP contribution in [-0.4, -0.2) is 100 Å². The molecule has 5 N–H and O–H groups in total. The minimum absolute atomic E-state index is 0.0604. The fraction of sp³-hybridized carbons (Fsp3) is 0.700. The molecular formula is C20H33ClN4O4S2. The van der Waals surface area contributed by atoms with Gasteiger partial charge in [-0.3, -0.25) is 20.4 Å². The van der Waals surface area contributed by atoms with Gasteiger partial charge in [-0.25, -0.2) is 0 Å². The van der Waals surface area contributed by atoms with E-state index in [0.29, 0.717) is 41.5 Å². The number of hydrogen-bond acceptors (Lipinski definition) is 10. The summed E-state index contributed by atoms with van der Waals surface area (Å²) in [7, 11) is 1.49. The maximum absolute atomic E-state index is 10.9. The topological polar surface area (TPSA) is 100 Å². The van der Waals surface area contributed by atoms with E-state index < -0.39 is 12.8 Å². The number of nitrogens with one attached hydrogen (secondary N) is 2. The molecule has 11 heteroatoms. The minimum Gasteiger partial charge on any atom is -0.396 e. The fourth-order valence-electron chi connectivity index (χ4n) is 4.34. The van der Waals surface area contributed by atoms with Gasteiger partial charge in [0.1, 0.15) is 5.50 Å². The third-order valence-corrected chi connectivity index (χ3v) is 8.83. The molecule has 176 valence electrons. The average molecular weight is 493 g/mol. The Kier molecular flexibility index (Phi) is 9.75. The molecule has 3 aliphatic heterocycles. The molecule has 3 rings (SSSR count). The summed E-state index contributed by atoms with van der Waals surface area (Å²) in [6.07, 6.45) is 4.44. The van der Waals surface area contributed by atoms with Crippen molar-refractivity contribution in [3.05, 3.63) is 35.4 Å². The second-order valence-corrected chi connectivity index (χ2v) is 11.3. The van der Waals surface area contributed by atoms with E-state index in [1.54, 1.807) is 35.7 Å². The molecular weight excluding hydrogens is 460 g/mol. The van der Waals surface area contributed by atoms with Crippen molar-refractivity contribution >= 4 is 35.1 Å². The molecule has 3 aliphatic rings. The predicted molar refractivity (Wildman–Crippen MR) is 127 cm³/mol. The van der Waals surface area contributed by atoms with Gasteiger partial charge < -0.3 is 20.1 Å². The average Bonchev–Trinajstić information content (AvgIpc) is 3.46. The number of rotatable bonds is 10. The SMILES string of the molecule is C=C/C=C(Cl)\C=C1/CN(C(O)NC2NCC(SCCO)S2)CC12CCN(C(O)OC)C2. The molecule has 1 spiro atoms. The van der Waals surface area contributed by atoms with E-state index in [1.807, 2.05) is 15.9 Å². The summed E-state index contributed by atoms with van der Waals surface area (Å²) >= 11 is 9.80. The lowest BCUT2D eigenvalue weighted by molar-refractivity contribution is -0.171. The minimum atomic E-state index is -0.940. The molecule has 0 amide bonds. The number of thioether (sulfide) groups is 2. The lowest BCUT2D eigenvalue weighted by Gasteiger charge is -2.30. The Bertz CT molecular complexity index is 686. The molecule has 0 aromatic heterocycles. The molecule has 0 aromatic carbocycles. The molecule has 31 heavy (non-hydrogen) atoms. The van der Waals surface area contributed by atoms with Crippen LogP contribution in [0.3, 0.4) is 0 Å². The number of likely N-dealkylation sites (tertiary alicyclic amines) is 2. The Morgan fingerprint density at radius 1 is 1.48 bits per heavy atom. The van der Waals surface area contributed by atoms with Gasteiger partial charge in [-0.1, -0.05) is 24.3 Å². The molecule has 3 heterocycles. The highest BCUT2D eigenvalue weighted by Crippen LogP contribution is 2.45. The zero-order chi connectivity index (χ0) is 22.4. The van der Waals surface area contributed by atoms with Gasteiger partial charge in [0, 0.05) is 56.0 Å². The standard InChI is InChI=1S/C20H33ClN4O4S2/c1-3-4-15(21)9-14-11-25(13-20(14)5-6-24(12-20)19(28)29-2)18(27)23-17-22-10-16(31-17)30-8-7-26/h3-4,9,16-19,22-23,26-28H,1,5-8,10-13H2,2H3/b14-9+,15-4+. The Hall–Kier alpha value is -0.110. The van der Waals surface area contributed by atoms with Crippen molar-refractivity contribution in [2.24, 2.45) is 5.41 Å². The molecule has 3 fully saturated rings. The summed E-state index contributed by atoms with van der Waals surface area (Å²) in [5.74, 6) is 0.709. The van der Waals surface area contributed by atoms with Crippen LogP contribution in [0.1, 0.15) is 6.42 Å². The molecule has 3 saturated heterocycles. The largest absolute Gasteiger partial charge is 0.396 e. The van der Waals surface area contributed by atoms with E-state index in [1.165, 1.54) is 7.11 Å². The summed E-state index contributed by atoms with van der Waals surface area (Å²) in [5.41, 5.74) is 0.855. The van der Waals surface area contributed by atoms with Crippen molar-refractivity contribution in [2.75, 3.05) is 52.2 Å². The second kappa shape index (κ2) is 11.8. The number of ether oxygens (including phenoxy) is 1. The Labute approximate surface area is 197 Å². The van der Waals surface area contributed by atoms with E-state index >= 15 is 0 Å². The van der Waals surface area contributed by atoms with Crippen LogP contribution >= 0.6 is 35.1 Å². The van der Waals surface area contributed by atoms with Crippen LogP contribution in [0.4, 0.5) is 0 Å². The van der Waals surface area contributed by atoms with Gasteiger partial charge in [-0.2, -0.15) is 0 Å². The summed E-state index contributed by atoms with van der Waals surface area (Å²) < 4.78 is 5.45. The van der Waals surface area contributed by atoms with Gasteiger partial charge in [-0.05, 0) is 24.1 Å². The smallest absolute Gasteiger partial charge is 0.215 e. The first kappa shape index (κ1) is 25.5. The van der Waals surface area contributed by atoms with Crippen LogP contribution in [0, 0.1) is 5.41 Å². The third kappa shape index (κ3) is 6.48. The molecule has 0 aromatic rings. The first-order valence-electron chi connectivity index (χ1n) is 10.3. The normalized spacial score (nSPS) is 33.6. The third-order valence-electron chi connectivity index (χ3n) is 5.86. The number of allylic oxidation sites excluding steroid dienone is 4. The maximum atomic E-state index is 10.9. The van der Waals surface area contributed by atoms with E-state index in [4.69, 9.17) is 21.4 Å². The van der Waals surface area contributed by atoms with E-state index in [2.05, 4.69) is 17.2 Å². The Morgan fingerprint density at radius 2 is 2.26 bits per heavy atom. The van der Waals surface area contributed by atoms with Gasteiger partial charge in [0.25, 0.3) is 0 Å². The van der Waals surface area contributed by atoms with Crippen molar-refractivity contribution in [2.45, 2.75) is 29.3 Å². The number of halogens is 1. The van der Waals surface area contributed by atoms with E-state index in [-0.39, 0.29) is 17.5 Å². The predicted octanol–water partition coefficient (Wildman–Crippen LogP) is 0.689. The molecule has 0 bridgehead atoms. The highest BCUT2D eigenvalue weighted by Gasteiger charge is 2.49. The monoisotopic (exact) mass is 492 g/mol. The summed E-state index contributed by atoms with van der Waals surface area (Å²) in [6.45, 7) is 7.26. The Balaban J connectivity index is 1.67. The Morgan fingerprint density at radius 3 is 2.97 bits per heavy atom. The van der Waals surface area contributed by atoms with E-state index in [9.17, 15) is 10.2 Å². The lowest BCUT2D eigenvalue weighted by atomic mass is 9.81. The first-order valence-corrected chi connectivity index (χ1v) is 12.7. The highest BCUT2D eigenvalue weighted by atomic mass is 35.5. The molecule has 8 nitrogen and oxygen atoms in total. The number of aliphatic hydroxyl groups excluding tert-OH is 3. The molecule has 5 atom stereocenters. The van der Waals surface area contributed by atoms with Gasteiger partial charge >= 0.3 is 0 Å². The van der Waals surface area contributed by atoms with Crippen LogP contribution in [0.15, 0.2) is 35.4 Å². The van der Waals surface area contributed by atoms with Crippen molar-refractivity contribution in [3.8, 4) is 0 Å². The maximum Gasteiger partial charge on any atom is 0.215 e. The second-order valence-electron chi connectivity index (χ2n) is 7.91. The van der Waals surface area contributed by atoms with Gasteiger partial charge in [0.05, 0.1) is 11.2 Å². The molecule has 0 aliphatic carbocycles. The van der Waals surface area contributed by atoms with Gasteiger partial charge in [0.15, 0.2) is 6.35 Å². The molecule has 0 radical (unpaired) electrons. The van der Waals surface area contributed by atoms with E-state index in [0.717, 1.165) is 18.5 Å². The zero-order valence-corrected chi connectivity index (χ0v) is 20.1. The fourth-order valence-corrected chi connectivity index (χ4v) is 6.97. The van der Waals surface area contributed by atoms with Crippen LogP contribution in [0.2, 0.25) is 0 Å². The van der Waals surface area contributed by atoms with Crippen LogP contribution in [-0.2, 0) is 4.74 Å². The zero-order valence-electron chi connectivity index (χ0n) is 17.7. The highest BCUT2D eigenvalue weighted by molar-refractivity contribution is 8.17. The van der Waals surface area contributed by atoms with Crippen molar-refractivity contribution in [1.29, 1.82) is 0 Å². The quantitative estimate of drug-likeness (QED) is 0.221. The molecule has 0 saturated carbocycles. The molecule has 5 unspecified atom stereocenters. The number of hydrogen-bond donors (Lipinski definition) is 5. The summed E-state index contributed by atoms with van der Waals surface area (Å²) in [4.78, 5) is 3.91. The summed E-state index contributed by atoms with van der Waals surface area (Å²) in [5, 5.41) is 37.3. The van der Waals surface area contributed by atoms with Crippen molar-refractivity contribution < 1.29 is 20.1 Å².